The molecule has 0 amide bonds. The Morgan fingerprint density at radius 3 is 2.43 bits per heavy atom. The lowest BCUT2D eigenvalue weighted by Crippen LogP contribution is -2.30. The van der Waals surface area contributed by atoms with Gasteiger partial charge in [0.1, 0.15) is 0 Å². The second-order valence-electron chi connectivity index (χ2n) is 6.01. The standard InChI is InChI=1S/C16H21Cl2NO2/c1-11(8-16(21-2)5-3-4-6-16)7-14(20)15-12(17)9-19-10-13(15)18/h9-11H,3-8H2,1-2H3. The van der Waals surface area contributed by atoms with Gasteiger partial charge in [-0.15, -0.1) is 0 Å². The lowest BCUT2D eigenvalue weighted by atomic mass is 9.86. The zero-order valence-electron chi connectivity index (χ0n) is 12.5. The first-order chi connectivity index (χ1) is 9.97. The fraction of sp³-hybridized carbons (Fsp3) is 0.625. The van der Waals surface area contributed by atoms with E-state index in [1.54, 1.807) is 7.11 Å². The number of methoxy groups -OCH3 is 1. The normalized spacial score (nSPS) is 18.7. The van der Waals surface area contributed by atoms with Gasteiger partial charge in [0.05, 0.1) is 21.2 Å². The molecule has 0 aromatic carbocycles. The number of hydrogen-bond acceptors (Lipinski definition) is 3. The first-order valence-electron chi connectivity index (χ1n) is 7.35. The molecule has 5 heteroatoms. The van der Waals surface area contributed by atoms with E-state index in [1.165, 1.54) is 25.2 Å². The predicted octanol–water partition coefficient (Wildman–Crippen LogP) is 4.95. The highest BCUT2D eigenvalue weighted by Gasteiger charge is 2.35. The van der Waals surface area contributed by atoms with Gasteiger partial charge in [-0.25, -0.2) is 0 Å². The highest BCUT2D eigenvalue weighted by atomic mass is 35.5. The van der Waals surface area contributed by atoms with Crippen LogP contribution >= 0.6 is 23.2 Å². The van der Waals surface area contributed by atoms with Crippen LogP contribution in [0.2, 0.25) is 10.0 Å². The van der Waals surface area contributed by atoms with Crippen LogP contribution in [0.5, 0.6) is 0 Å². The van der Waals surface area contributed by atoms with Crippen molar-refractivity contribution in [3.63, 3.8) is 0 Å². The van der Waals surface area contributed by atoms with Crippen molar-refractivity contribution in [2.75, 3.05) is 7.11 Å². The Bertz CT molecular complexity index is 493. The third kappa shape index (κ3) is 3.97. The molecule has 116 valence electrons. The molecule has 2 rings (SSSR count). The van der Waals surface area contributed by atoms with Crippen LogP contribution in [0.1, 0.15) is 55.8 Å². The van der Waals surface area contributed by atoms with Crippen LogP contribution in [0.15, 0.2) is 12.4 Å². The molecule has 0 bridgehead atoms. The number of ether oxygens (including phenoxy) is 1. The fourth-order valence-corrected chi connectivity index (χ4v) is 3.89. The van der Waals surface area contributed by atoms with E-state index < -0.39 is 0 Å². The van der Waals surface area contributed by atoms with Gasteiger partial charge in [0.2, 0.25) is 0 Å². The maximum absolute atomic E-state index is 12.4. The van der Waals surface area contributed by atoms with Gasteiger partial charge < -0.3 is 4.74 Å². The first-order valence-corrected chi connectivity index (χ1v) is 8.10. The van der Waals surface area contributed by atoms with E-state index in [0.717, 1.165) is 19.3 Å². The number of hydrogen-bond donors (Lipinski definition) is 0. The number of carbonyl (C=O) groups excluding carboxylic acids is 1. The molecule has 0 spiro atoms. The van der Waals surface area contributed by atoms with Crippen LogP contribution < -0.4 is 0 Å². The van der Waals surface area contributed by atoms with Crippen LogP contribution in [0.25, 0.3) is 0 Å². The van der Waals surface area contributed by atoms with Gasteiger partial charge >= 0.3 is 0 Å². The third-order valence-corrected chi connectivity index (χ3v) is 4.91. The molecule has 0 saturated heterocycles. The zero-order chi connectivity index (χ0) is 15.5. The Morgan fingerprint density at radius 1 is 1.33 bits per heavy atom. The summed E-state index contributed by atoms with van der Waals surface area (Å²) < 4.78 is 5.73. The van der Waals surface area contributed by atoms with E-state index in [0.29, 0.717) is 22.0 Å². The molecular formula is C16H21Cl2NO2. The molecule has 0 N–H and O–H groups in total. The molecule has 1 aliphatic rings. The van der Waals surface area contributed by atoms with E-state index in [2.05, 4.69) is 11.9 Å². The van der Waals surface area contributed by atoms with Crippen LogP contribution in [-0.4, -0.2) is 23.5 Å². The maximum Gasteiger partial charge on any atom is 0.166 e. The third-order valence-electron chi connectivity index (χ3n) is 4.33. The average molecular weight is 330 g/mol. The molecule has 1 aromatic heterocycles. The topological polar surface area (TPSA) is 39.2 Å². The van der Waals surface area contributed by atoms with Gasteiger partial charge in [-0.1, -0.05) is 43.0 Å². The minimum atomic E-state index is -0.0501. The molecule has 3 nitrogen and oxygen atoms in total. The maximum atomic E-state index is 12.4. The van der Waals surface area contributed by atoms with Crippen molar-refractivity contribution in [3.8, 4) is 0 Å². The van der Waals surface area contributed by atoms with Crippen molar-refractivity contribution in [1.29, 1.82) is 0 Å². The monoisotopic (exact) mass is 329 g/mol. The number of nitrogens with zero attached hydrogens (tertiary/aromatic N) is 1. The highest BCUT2D eigenvalue weighted by molar-refractivity contribution is 6.39. The van der Waals surface area contributed by atoms with E-state index in [4.69, 9.17) is 27.9 Å². The fourth-order valence-electron chi connectivity index (χ4n) is 3.31. The Labute approximate surface area is 136 Å². The summed E-state index contributed by atoms with van der Waals surface area (Å²) in [6, 6.07) is 0. The number of halogens is 2. The molecule has 1 unspecified atom stereocenters. The minimum Gasteiger partial charge on any atom is -0.378 e. The number of ketones is 1. The molecule has 0 radical (unpaired) electrons. The Morgan fingerprint density at radius 2 is 1.90 bits per heavy atom. The summed E-state index contributed by atoms with van der Waals surface area (Å²) in [6.45, 7) is 2.08. The van der Waals surface area contributed by atoms with Gasteiger partial charge in [0.15, 0.2) is 5.78 Å². The summed E-state index contributed by atoms with van der Waals surface area (Å²) in [5.41, 5.74) is 0.337. The van der Waals surface area contributed by atoms with Gasteiger partial charge in [-0.05, 0) is 25.2 Å². The highest BCUT2D eigenvalue weighted by Crippen LogP contribution is 2.39. The van der Waals surface area contributed by atoms with E-state index in [-0.39, 0.29) is 17.3 Å². The summed E-state index contributed by atoms with van der Waals surface area (Å²) in [6.07, 6.45) is 8.81. The average Bonchev–Trinajstić information content (AvgIpc) is 2.87. The van der Waals surface area contributed by atoms with Gasteiger partial charge in [0.25, 0.3) is 0 Å². The van der Waals surface area contributed by atoms with Crippen LogP contribution in [0.3, 0.4) is 0 Å². The Balaban J connectivity index is 2.02. The summed E-state index contributed by atoms with van der Waals surface area (Å²) in [7, 11) is 1.77. The minimum absolute atomic E-state index is 0.0239. The molecule has 21 heavy (non-hydrogen) atoms. The van der Waals surface area contributed by atoms with Gasteiger partial charge in [0, 0.05) is 25.9 Å². The number of carbonyl (C=O) groups is 1. The molecule has 1 atom stereocenters. The molecule has 1 fully saturated rings. The molecule has 0 aliphatic heterocycles. The number of pyridine rings is 1. The largest absolute Gasteiger partial charge is 0.378 e. The smallest absolute Gasteiger partial charge is 0.166 e. The van der Waals surface area contributed by atoms with Crippen LogP contribution in [0.4, 0.5) is 0 Å². The van der Waals surface area contributed by atoms with E-state index in [1.807, 2.05) is 0 Å². The molecule has 1 heterocycles. The molecular weight excluding hydrogens is 309 g/mol. The summed E-state index contributed by atoms with van der Waals surface area (Å²) in [5.74, 6) is 0.208. The van der Waals surface area contributed by atoms with Crippen molar-refractivity contribution in [1.82, 2.24) is 4.98 Å². The Hall–Kier alpha value is -0.640. The quantitative estimate of drug-likeness (QED) is 0.693. The molecule has 1 aromatic rings. The Kier molecular flexibility index (Phi) is 5.64. The van der Waals surface area contributed by atoms with Crippen molar-refractivity contribution >= 4 is 29.0 Å². The number of rotatable bonds is 6. The van der Waals surface area contributed by atoms with Gasteiger partial charge in [-0.3, -0.25) is 9.78 Å². The lowest BCUT2D eigenvalue weighted by Gasteiger charge is -2.30. The summed E-state index contributed by atoms with van der Waals surface area (Å²) in [5, 5.41) is 0.643. The van der Waals surface area contributed by atoms with Gasteiger partial charge in [-0.2, -0.15) is 0 Å². The van der Waals surface area contributed by atoms with Crippen molar-refractivity contribution in [2.45, 2.75) is 51.0 Å². The summed E-state index contributed by atoms with van der Waals surface area (Å²) in [4.78, 5) is 16.3. The van der Waals surface area contributed by atoms with Crippen LogP contribution in [-0.2, 0) is 4.74 Å². The second kappa shape index (κ2) is 7.08. The summed E-state index contributed by atoms with van der Waals surface area (Å²) >= 11 is 12.1. The first kappa shape index (κ1) is 16.7. The molecule has 1 aliphatic carbocycles. The van der Waals surface area contributed by atoms with E-state index >= 15 is 0 Å². The number of Topliss-reactive ketones (excluding diaryl/α,β-unsaturated/α-hetero) is 1. The van der Waals surface area contributed by atoms with E-state index in [9.17, 15) is 4.79 Å². The number of aromatic nitrogens is 1. The van der Waals surface area contributed by atoms with Crippen LogP contribution in [0, 0.1) is 5.92 Å². The lowest BCUT2D eigenvalue weighted by molar-refractivity contribution is -0.0222. The van der Waals surface area contributed by atoms with Crippen molar-refractivity contribution in [2.24, 2.45) is 5.92 Å². The SMILES string of the molecule is COC1(CC(C)CC(=O)c2c(Cl)cncc2Cl)CCCC1. The zero-order valence-corrected chi connectivity index (χ0v) is 14.0. The second-order valence-corrected chi connectivity index (χ2v) is 6.82. The van der Waals surface area contributed by atoms with Crippen molar-refractivity contribution in [3.05, 3.63) is 28.0 Å². The van der Waals surface area contributed by atoms with Crippen molar-refractivity contribution < 1.29 is 9.53 Å². The molecule has 1 saturated carbocycles. The predicted molar refractivity (Wildman–Crippen MR) is 85.2 cm³/mol.